The van der Waals surface area contributed by atoms with E-state index in [1.165, 1.54) is 7.11 Å². The summed E-state index contributed by atoms with van der Waals surface area (Å²) in [5.41, 5.74) is 2.29. The second-order valence-electron chi connectivity index (χ2n) is 4.47. The van der Waals surface area contributed by atoms with E-state index in [4.69, 9.17) is 4.74 Å². The van der Waals surface area contributed by atoms with Gasteiger partial charge in [-0.25, -0.2) is 9.78 Å². The van der Waals surface area contributed by atoms with E-state index in [1.54, 1.807) is 13.0 Å². The van der Waals surface area contributed by atoms with Crippen molar-refractivity contribution in [3.05, 3.63) is 47.7 Å². The first-order chi connectivity index (χ1) is 9.61. The predicted octanol–water partition coefficient (Wildman–Crippen LogP) is 3.04. The number of carbonyl (C=O) groups excluding carboxylic acids is 1. The summed E-state index contributed by atoms with van der Waals surface area (Å²) in [7, 11) is 1.36. The number of nitrogens with zero attached hydrogens (tertiary/aromatic N) is 1. The van der Waals surface area contributed by atoms with E-state index in [-0.39, 0.29) is 5.97 Å². The molecule has 0 amide bonds. The molecule has 4 nitrogen and oxygen atoms in total. The lowest BCUT2D eigenvalue weighted by Crippen LogP contribution is -2.04. The zero-order valence-corrected chi connectivity index (χ0v) is 11.8. The van der Waals surface area contributed by atoms with Crippen LogP contribution in [0.25, 0.3) is 10.9 Å². The third-order valence-corrected chi connectivity index (χ3v) is 2.96. The van der Waals surface area contributed by atoms with E-state index in [1.807, 2.05) is 37.3 Å². The minimum absolute atomic E-state index is 0.301. The monoisotopic (exact) mass is 271 g/mol. The largest absolute Gasteiger partial charge is 0.487 e. The van der Waals surface area contributed by atoms with Crippen LogP contribution in [0.2, 0.25) is 0 Å². The molecule has 0 fully saturated rings. The van der Waals surface area contributed by atoms with Gasteiger partial charge < -0.3 is 9.47 Å². The SMILES string of the molecule is COC(=O)C(C)=CCOc1cccc2ccc(C)nc12. The number of pyridine rings is 1. The highest BCUT2D eigenvalue weighted by molar-refractivity contribution is 5.87. The van der Waals surface area contributed by atoms with Crippen molar-refractivity contribution in [3.63, 3.8) is 0 Å². The van der Waals surface area contributed by atoms with Gasteiger partial charge in [0.25, 0.3) is 0 Å². The lowest BCUT2D eigenvalue weighted by Gasteiger charge is -2.07. The van der Waals surface area contributed by atoms with Crippen LogP contribution in [0.15, 0.2) is 42.0 Å². The van der Waals surface area contributed by atoms with Gasteiger partial charge in [0.2, 0.25) is 0 Å². The van der Waals surface area contributed by atoms with Crippen LogP contribution in [0.1, 0.15) is 12.6 Å². The summed E-state index contributed by atoms with van der Waals surface area (Å²) >= 11 is 0. The first kappa shape index (κ1) is 14.1. The summed E-state index contributed by atoms with van der Waals surface area (Å²) in [5.74, 6) is 0.362. The van der Waals surface area contributed by atoms with Crippen LogP contribution in [0.3, 0.4) is 0 Å². The van der Waals surface area contributed by atoms with Crippen molar-refractivity contribution < 1.29 is 14.3 Å². The lowest BCUT2D eigenvalue weighted by molar-refractivity contribution is -0.136. The van der Waals surface area contributed by atoms with E-state index >= 15 is 0 Å². The molecule has 0 spiro atoms. The second kappa shape index (κ2) is 6.19. The molecule has 104 valence electrons. The molecule has 0 N–H and O–H groups in total. The molecule has 1 aromatic heterocycles. The Hall–Kier alpha value is -2.36. The van der Waals surface area contributed by atoms with Crippen LogP contribution >= 0.6 is 0 Å². The van der Waals surface area contributed by atoms with Gasteiger partial charge in [-0.05, 0) is 32.1 Å². The molecule has 1 aromatic carbocycles. The van der Waals surface area contributed by atoms with Gasteiger partial charge in [0.1, 0.15) is 17.9 Å². The van der Waals surface area contributed by atoms with Gasteiger partial charge >= 0.3 is 5.97 Å². The fourth-order valence-electron chi connectivity index (χ4n) is 1.83. The Labute approximate surface area is 118 Å². The molecule has 0 saturated heterocycles. The van der Waals surface area contributed by atoms with Crippen molar-refractivity contribution >= 4 is 16.9 Å². The maximum atomic E-state index is 11.3. The summed E-state index contributed by atoms with van der Waals surface area (Å²) in [6.07, 6.45) is 1.69. The maximum Gasteiger partial charge on any atom is 0.333 e. The van der Waals surface area contributed by atoms with Gasteiger partial charge in [0.05, 0.1) is 7.11 Å². The number of para-hydroxylation sites is 1. The molecular formula is C16H17NO3. The van der Waals surface area contributed by atoms with E-state index in [0.29, 0.717) is 17.9 Å². The van der Waals surface area contributed by atoms with Crippen molar-refractivity contribution in [1.29, 1.82) is 0 Å². The molecule has 0 saturated carbocycles. The Morgan fingerprint density at radius 2 is 2.10 bits per heavy atom. The number of hydrogen-bond acceptors (Lipinski definition) is 4. The maximum absolute atomic E-state index is 11.3. The van der Waals surface area contributed by atoms with Crippen molar-refractivity contribution in [3.8, 4) is 5.75 Å². The summed E-state index contributed by atoms with van der Waals surface area (Å²) in [6.45, 7) is 3.94. The normalized spacial score (nSPS) is 11.4. The number of esters is 1. The Morgan fingerprint density at radius 1 is 1.30 bits per heavy atom. The van der Waals surface area contributed by atoms with Gasteiger partial charge in [-0.2, -0.15) is 0 Å². The Balaban J connectivity index is 2.18. The summed E-state index contributed by atoms with van der Waals surface area (Å²) in [6, 6.07) is 9.76. The third-order valence-electron chi connectivity index (χ3n) is 2.96. The zero-order chi connectivity index (χ0) is 14.5. The van der Waals surface area contributed by atoms with Gasteiger partial charge in [-0.15, -0.1) is 0 Å². The summed E-state index contributed by atoms with van der Waals surface area (Å²) < 4.78 is 10.3. The molecule has 1 heterocycles. The number of aryl methyl sites for hydroxylation is 1. The summed E-state index contributed by atoms with van der Waals surface area (Å²) in [5, 5.41) is 1.03. The molecule has 2 aromatic rings. The van der Waals surface area contributed by atoms with Crippen molar-refractivity contribution in [2.45, 2.75) is 13.8 Å². The topological polar surface area (TPSA) is 48.4 Å². The Bertz CT molecular complexity index is 662. The number of fused-ring (bicyclic) bond motifs is 1. The molecule has 0 radical (unpaired) electrons. The number of hydrogen-bond donors (Lipinski definition) is 0. The molecule has 2 rings (SSSR count). The smallest absolute Gasteiger partial charge is 0.333 e. The molecule has 0 unspecified atom stereocenters. The molecule has 0 bridgehead atoms. The number of aromatic nitrogens is 1. The van der Waals surface area contributed by atoms with Crippen molar-refractivity contribution in [2.24, 2.45) is 0 Å². The van der Waals surface area contributed by atoms with Crippen LogP contribution in [-0.4, -0.2) is 24.7 Å². The molecule has 4 heteroatoms. The van der Waals surface area contributed by atoms with Crippen LogP contribution in [-0.2, 0) is 9.53 Å². The molecule has 20 heavy (non-hydrogen) atoms. The fourth-order valence-corrected chi connectivity index (χ4v) is 1.83. The lowest BCUT2D eigenvalue weighted by atomic mass is 10.2. The Morgan fingerprint density at radius 3 is 2.85 bits per heavy atom. The Kier molecular flexibility index (Phi) is 4.35. The number of benzene rings is 1. The predicted molar refractivity (Wildman–Crippen MR) is 77.7 cm³/mol. The van der Waals surface area contributed by atoms with Gasteiger partial charge in [0.15, 0.2) is 0 Å². The van der Waals surface area contributed by atoms with Gasteiger partial charge in [-0.1, -0.05) is 18.2 Å². The van der Waals surface area contributed by atoms with Gasteiger partial charge in [0, 0.05) is 16.7 Å². The summed E-state index contributed by atoms with van der Waals surface area (Å²) in [4.78, 5) is 15.7. The quantitative estimate of drug-likeness (QED) is 0.633. The number of ether oxygens (including phenoxy) is 2. The standard InChI is InChI=1S/C16H17NO3/c1-11(16(18)19-3)9-10-20-14-6-4-5-13-8-7-12(2)17-15(13)14/h4-9H,10H2,1-3H3. The van der Waals surface area contributed by atoms with Crippen molar-refractivity contribution in [2.75, 3.05) is 13.7 Å². The van der Waals surface area contributed by atoms with Crippen LogP contribution in [0, 0.1) is 6.92 Å². The molecule has 0 atom stereocenters. The number of rotatable bonds is 4. The van der Waals surface area contributed by atoms with Crippen LogP contribution in [0.4, 0.5) is 0 Å². The highest BCUT2D eigenvalue weighted by Crippen LogP contribution is 2.23. The number of carbonyl (C=O) groups is 1. The average molecular weight is 271 g/mol. The molecule has 0 aliphatic heterocycles. The fraction of sp³-hybridized carbons (Fsp3) is 0.250. The minimum Gasteiger partial charge on any atom is -0.487 e. The first-order valence-corrected chi connectivity index (χ1v) is 6.36. The van der Waals surface area contributed by atoms with E-state index in [9.17, 15) is 4.79 Å². The minimum atomic E-state index is -0.347. The number of methoxy groups -OCH3 is 1. The third kappa shape index (κ3) is 3.15. The average Bonchev–Trinajstić information content (AvgIpc) is 2.46. The molecular weight excluding hydrogens is 254 g/mol. The molecule has 0 aliphatic carbocycles. The van der Waals surface area contributed by atoms with Gasteiger partial charge in [-0.3, -0.25) is 0 Å². The second-order valence-corrected chi connectivity index (χ2v) is 4.47. The van der Waals surface area contributed by atoms with E-state index < -0.39 is 0 Å². The highest BCUT2D eigenvalue weighted by atomic mass is 16.5. The van der Waals surface area contributed by atoms with Crippen LogP contribution in [0.5, 0.6) is 5.75 Å². The first-order valence-electron chi connectivity index (χ1n) is 6.36. The van der Waals surface area contributed by atoms with Crippen LogP contribution < -0.4 is 4.74 Å². The van der Waals surface area contributed by atoms with Crippen molar-refractivity contribution in [1.82, 2.24) is 4.98 Å². The van der Waals surface area contributed by atoms with E-state index in [0.717, 1.165) is 16.6 Å². The zero-order valence-electron chi connectivity index (χ0n) is 11.8. The molecule has 0 aliphatic rings. The highest BCUT2D eigenvalue weighted by Gasteiger charge is 2.05. The van der Waals surface area contributed by atoms with E-state index in [2.05, 4.69) is 9.72 Å².